The molecule has 0 bridgehead atoms. The summed E-state index contributed by atoms with van der Waals surface area (Å²) in [5.41, 5.74) is 1.33. The van der Waals surface area contributed by atoms with Crippen molar-refractivity contribution in [2.75, 3.05) is 5.32 Å². The second-order valence-electron chi connectivity index (χ2n) is 7.68. The highest BCUT2D eigenvalue weighted by molar-refractivity contribution is 5.91. The summed E-state index contributed by atoms with van der Waals surface area (Å²) in [7, 11) is 0. The second kappa shape index (κ2) is 6.46. The summed E-state index contributed by atoms with van der Waals surface area (Å²) in [4.78, 5) is 23.9. The quantitative estimate of drug-likeness (QED) is 0.921. The normalized spacial score (nSPS) is 17.9. The number of rotatable bonds is 4. The molecule has 1 N–H and O–H groups in total. The fourth-order valence-electron chi connectivity index (χ4n) is 3.11. The van der Waals surface area contributed by atoms with Gasteiger partial charge in [0.1, 0.15) is 17.4 Å². The first-order chi connectivity index (χ1) is 11.7. The van der Waals surface area contributed by atoms with E-state index >= 15 is 0 Å². The van der Waals surface area contributed by atoms with E-state index in [0.29, 0.717) is 24.4 Å². The maximum atomic E-state index is 12.4. The van der Waals surface area contributed by atoms with E-state index in [1.165, 1.54) is 0 Å². The number of carbonyl (C=O) groups is 2. The van der Waals surface area contributed by atoms with E-state index in [0.717, 1.165) is 17.8 Å². The van der Waals surface area contributed by atoms with Gasteiger partial charge in [-0.1, -0.05) is 5.16 Å². The number of amides is 1. The Bertz CT molecular complexity index is 798. The van der Waals surface area contributed by atoms with Crippen molar-refractivity contribution in [3.05, 3.63) is 29.3 Å². The topological polar surface area (TPSA) is 90.0 Å². The molecule has 1 amide bonds. The maximum Gasteiger partial charge on any atom is 0.233 e. The van der Waals surface area contributed by atoms with Crippen LogP contribution in [-0.4, -0.2) is 26.6 Å². The molecule has 25 heavy (non-hydrogen) atoms. The van der Waals surface area contributed by atoms with E-state index in [1.807, 2.05) is 38.4 Å². The Morgan fingerprint density at radius 1 is 1.40 bits per heavy atom. The highest BCUT2D eigenvalue weighted by Gasteiger charge is 2.29. The van der Waals surface area contributed by atoms with Gasteiger partial charge in [0.05, 0.1) is 23.3 Å². The molecule has 0 aromatic carbocycles. The Labute approximate surface area is 146 Å². The minimum Gasteiger partial charge on any atom is -0.361 e. The van der Waals surface area contributed by atoms with E-state index in [4.69, 9.17) is 4.52 Å². The van der Waals surface area contributed by atoms with Crippen LogP contribution in [0.15, 0.2) is 16.7 Å². The fraction of sp³-hybridized carbons (Fsp3) is 0.556. The zero-order chi connectivity index (χ0) is 18.2. The molecule has 1 saturated carbocycles. The van der Waals surface area contributed by atoms with Gasteiger partial charge < -0.3 is 9.84 Å². The molecule has 0 spiro atoms. The first-order valence-corrected chi connectivity index (χ1v) is 8.56. The summed E-state index contributed by atoms with van der Waals surface area (Å²) in [5, 5.41) is 11.4. The summed E-state index contributed by atoms with van der Waals surface area (Å²) in [6.07, 6.45) is 2.09. The highest BCUT2D eigenvalue weighted by Crippen LogP contribution is 2.34. The van der Waals surface area contributed by atoms with Crippen LogP contribution in [0.1, 0.15) is 63.1 Å². The van der Waals surface area contributed by atoms with Gasteiger partial charge in [-0.25, -0.2) is 4.68 Å². The lowest BCUT2D eigenvalue weighted by atomic mass is 10.0. The molecule has 7 nitrogen and oxygen atoms in total. The van der Waals surface area contributed by atoms with Crippen LogP contribution in [0.4, 0.5) is 5.82 Å². The number of aryl methyl sites for hydroxylation is 1. The standard InChI is InChI=1S/C18H24N4O3/c1-11-7-14(25-21-11)9-17(24)19-16-10-15(12-5-6-13(23)8-12)20-22(16)18(2,3)4/h7,10,12H,5-6,8-9H2,1-4H3,(H,19,24). The smallest absolute Gasteiger partial charge is 0.233 e. The number of Topliss-reactive ketones (excluding diaryl/α,β-unsaturated/α-hetero) is 1. The van der Waals surface area contributed by atoms with Crippen molar-refractivity contribution < 1.29 is 14.1 Å². The van der Waals surface area contributed by atoms with E-state index in [-0.39, 0.29) is 29.6 Å². The Morgan fingerprint density at radius 2 is 2.16 bits per heavy atom. The summed E-state index contributed by atoms with van der Waals surface area (Å²) in [5.74, 6) is 1.40. The van der Waals surface area contributed by atoms with Crippen LogP contribution in [0.25, 0.3) is 0 Å². The van der Waals surface area contributed by atoms with Gasteiger partial charge in [0.15, 0.2) is 0 Å². The molecule has 1 unspecified atom stereocenters. The minimum absolute atomic E-state index is 0.118. The average Bonchev–Trinajstić information content (AvgIpc) is 3.19. The molecule has 0 saturated heterocycles. The lowest BCUT2D eigenvalue weighted by molar-refractivity contribution is -0.117. The number of hydrogen-bond acceptors (Lipinski definition) is 5. The molecule has 2 aromatic heterocycles. The second-order valence-corrected chi connectivity index (χ2v) is 7.68. The first-order valence-electron chi connectivity index (χ1n) is 8.56. The van der Waals surface area contributed by atoms with Gasteiger partial charge in [-0.15, -0.1) is 0 Å². The van der Waals surface area contributed by atoms with Gasteiger partial charge >= 0.3 is 0 Å². The van der Waals surface area contributed by atoms with Crippen LogP contribution in [0.2, 0.25) is 0 Å². The molecule has 1 fully saturated rings. The average molecular weight is 344 g/mol. The highest BCUT2D eigenvalue weighted by atomic mass is 16.5. The molecule has 2 aromatic rings. The summed E-state index contributed by atoms with van der Waals surface area (Å²) in [6.45, 7) is 7.89. The van der Waals surface area contributed by atoms with Crippen molar-refractivity contribution in [2.45, 2.75) is 64.8 Å². The zero-order valence-corrected chi connectivity index (χ0v) is 15.1. The number of aromatic nitrogens is 3. The Kier molecular flexibility index (Phi) is 4.49. The molecule has 0 aliphatic heterocycles. The Morgan fingerprint density at radius 3 is 2.72 bits per heavy atom. The number of ketones is 1. The molecular weight excluding hydrogens is 320 g/mol. The van der Waals surface area contributed by atoms with Crippen LogP contribution >= 0.6 is 0 Å². The van der Waals surface area contributed by atoms with E-state index < -0.39 is 0 Å². The van der Waals surface area contributed by atoms with Crippen molar-refractivity contribution in [1.82, 2.24) is 14.9 Å². The number of carbonyl (C=O) groups excluding carboxylic acids is 2. The van der Waals surface area contributed by atoms with Gasteiger partial charge in [0, 0.05) is 30.9 Å². The van der Waals surface area contributed by atoms with Gasteiger partial charge in [0.2, 0.25) is 5.91 Å². The molecule has 0 radical (unpaired) electrons. The molecule has 2 heterocycles. The minimum atomic E-state index is -0.285. The van der Waals surface area contributed by atoms with Gasteiger partial charge in [0.25, 0.3) is 0 Å². The lowest BCUT2D eigenvalue weighted by Crippen LogP contribution is -2.27. The third-order valence-corrected chi connectivity index (χ3v) is 4.31. The maximum absolute atomic E-state index is 12.4. The Balaban J connectivity index is 1.80. The van der Waals surface area contributed by atoms with Crippen molar-refractivity contribution in [3.8, 4) is 0 Å². The van der Waals surface area contributed by atoms with Crippen LogP contribution in [0.5, 0.6) is 0 Å². The third-order valence-electron chi connectivity index (χ3n) is 4.31. The molecule has 7 heteroatoms. The number of nitrogens with zero attached hydrogens (tertiary/aromatic N) is 3. The summed E-state index contributed by atoms with van der Waals surface area (Å²) in [6, 6.07) is 3.63. The van der Waals surface area contributed by atoms with Crippen molar-refractivity contribution in [1.29, 1.82) is 0 Å². The van der Waals surface area contributed by atoms with Crippen molar-refractivity contribution in [2.24, 2.45) is 0 Å². The van der Waals surface area contributed by atoms with E-state index in [2.05, 4.69) is 15.6 Å². The van der Waals surface area contributed by atoms with Gasteiger partial charge in [-0.3, -0.25) is 9.59 Å². The predicted octanol–water partition coefficient (Wildman–Crippen LogP) is 2.95. The molecular formula is C18H24N4O3. The largest absolute Gasteiger partial charge is 0.361 e. The van der Waals surface area contributed by atoms with Crippen LogP contribution in [-0.2, 0) is 21.5 Å². The summed E-state index contributed by atoms with van der Waals surface area (Å²) >= 11 is 0. The SMILES string of the molecule is Cc1cc(CC(=O)Nc2cc(C3CCC(=O)C3)nn2C(C)(C)C)on1. The number of hydrogen-bond donors (Lipinski definition) is 1. The monoisotopic (exact) mass is 344 g/mol. The number of nitrogens with one attached hydrogen (secondary N) is 1. The molecule has 1 atom stereocenters. The van der Waals surface area contributed by atoms with Gasteiger partial charge in [-0.05, 0) is 34.1 Å². The zero-order valence-electron chi connectivity index (χ0n) is 15.1. The molecule has 134 valence electrons. The van der Waals surface area contributed by atoms with E-state index in [1.54, 1.807) is 6.07 Å². The van der Waals surface area contributed by atoms with Crippen LogP contribution in [0.3, 0.4) is 0 Å². The fourth-order valence-corrected chi connectivity index (χ4v) is 3.11. The summed E-state index contributed by atoms with van der Waals surface area (Å²) < 4.78 is 6.91. The molecule has 3 rings (SSSR count). The first kappa shape index (κ1) is 17.4. The van der Waals surface area contributed by atoms with E-state index in [9.17, 15) is 9.59 Å². The van der Waals surface area contributed by atoms with Crippen LogP contribution in [0, 0.1) is 6.92 Å². The van der Waals surface area contributed by atoms with Crippen molar-refractivity contribution >= 4 is 17.5 Å². The lowest BCUT2D eigenvalue weighted by Gasteiger charge is -2.22. The van der Waals surface area contributed by atoms with Crippen molar-refractivity contribution in [3.63, 3.8) is 0 Å². The molecule has 1 aliphatic carbocycles. The molecule has 1 aliphatic rings. The third kappa shape index (κ3) is 3.97. The predicted molar refractivity (Wildman–Crippen MR) is 92.4 cm³/mol. The van der Waals surface area contributed by atoms with Gasteiger partial charge in [-0.2, -0.15) is 5.10 Å². The number of anilines is 1. The Hall–Kier alpha value is -2.44. The van der Waals surface area contributed by atoms with Crippen LogP contribution < -0.4 is 5.32 Å².